The molecule has 7 rings (SSSR count). The number of ether oxygens (including phenoxy) is 1. The number of halogens is 1. The van der Waals surface area contributed by atoms with Crippen LogP contribution < -0.4 is 20.8 Å². The minimum Gasteiger partial charge on any atom is -0.451 e. The Bertz CT molecular complexity index is 1830. The lowest BCUT2D eigenvalue weighted by molar-refractivity contribution is 0.0949. The molecule has 0 aliphatic carbocycles. The molecule has 8 nitrogen and oxygen atoms in total. The Balaban J connectivity index is 1.23. The summed E-state index contributed by atoms with van der Waals surface area (Å²) < 4.78 is 24.4. The van der Waals surface area contributed by atoms with Crippen LogP contribution in [0.5, 0.6) is 11.5 Å². The highest BCUT2D eigenvalue weighted by Crippen LogP contribution is 2.46. The summed E-state index contributed by atoms with van der Waals surface area (Å²) in [4.78, 5) is 32.2. The number of nitrogens with zero attached hydrogens (tertiary/aromatic N) is 3. The van der Waals surface area contributed by atoms with Crippen molar-refractivity contribution in [2.45, 2.75) is 57.9 Å². The highest BCUT2D eigenvalue weighted by atomic mass is 19.1. The van der Waals surface area contributed by atoms with Crippen molar-refractivity contribution in [2.75, 3.05) is 51.6 Å². The number of carbonyl (C=O) groups is 1. The van der Waals surface area contributed by atoms with Crippen LogP contribution in [0.3, 0.4) is 0 Å². The predicted octanol–water partition coefficient (Wildman–Crippen LogP) is 6.53. The van der Waals surface area contributed by atoms with Crippen LogP contribution in [0.25, 0.3) is 27.4 Å². The van der Waals surface area contributed by atoms with E-state index in [2.05, 4.69) is 34.4 Å². The van der Waals surface area contributed by atoms with E-state index in [1.54, 1.807) is 6.20 Å². The maximum Gasteiger partial charge on any atom is 0.256 e. The van der Waals surface area contributed by atoms with Gasteiger partial charge in [0.15, 0.2) is 17.3 Å². The first kappa shape index (κ1) is 30.7. The van der Waals surface area contributed by atoms with Gasteiger partial charge in [-0.25, -0.2) is 4.39 Å². The second kappa shape index (κ2) is 13.0. The molecule has 2 N–H and O–H groups in total. The second-order valence-corrected chi connectivity index (χ2v) is 13.3. The van der Waals surface area contributed by atoms with E-state index in [0.717, 1.165) is 69.1 Å². The number of anilines is 1. The van der Waals surface area contributed by atoms with Crippen molar-refractivity contribution in [3.05, 3.63) is 70.3 Å². The van der Waals surface area contributed by atoms with Crippen molar-refractivity contribution in [1.29, 1.82) is 0 Å². The average molecular weight is 626 g/mol. The summed E-state index contributed by atoms with van der Waals surface area (Å²) >= 11 is 0. The molecule has 3 aliphatic heterocycles. The Hall–Kier alpha value is -3.95. The van der Waals surface area contributed by atoms with Gasteiger partial charge in [-0.3, -0.25) is 9.59 Å². The molecule has 2 saturated heterocycles. The number of fused-ring (bicyclic) bond motifs is 3. The molecule has 1 aromatic heterocycles. The summed E-state index contributed by atoms with van der Waals surface area (Å²) in [5, 5.41) is 8.46. The largest absolute Gasteiger partial charge is 0.451 e. The quantitative estimate of drug-likeness (QED) is 0.184. The number of rotatable bonds is 10. The molecule has 0 saturated carbocycles. The number of aromatic nitrogens is 1. The van der Waals surface area contributed by atoms with Crippen molar-refractivity contribution in [3.8, 4) is 17.2 Å². The van der Waals surface area contributed by atoms with E-state index in [1.165, 1.54) is 18.9 Å². The van der Waals surface area contributed by atoms with Crippen molar-refractivity contribution < 1.29 is 13.9 Å². The molecule has 0 bridgehead atoms. The van der Waals surface area contributed by atoms with Gasteiger partial charge in [-0.05, 0) is 107 Å². The molecule has 0 spiro atoms. The molecule has 4 aromatic rings. The van der Waals surface area contributed by atoms with Crippen molar-refractivity contribution >= 4 is 33.3 Å². The van der Waals surface area contributed by atoms with E-state index >= 15 is 4.39 Å². The zero-order valence-corrected chi connectivity index (χ0v) is 26.9. The molecule has 0 radical (unpaired) electrons. The molecular formula is C37H44FN5O3. The van der Waals surface area contributed by atoms with Gasteiger partial charge >= 0.3 is 0 Å². The molecule has 3 aliphatic rings. The molecule has 4 heterocycles. The molecule has 3 aromatic carbocycles. The summed E-state index contributed by atoms with van der Waals surface area (Å²) in [5.74, 6) is 0.241. The fraction of sp³-hybridized carbons (Fsp3) is 0.459. The number of carbonyl (C=O) groups excluding carboxylic acids is 1. The summed E-state index contributed by atoms with van der Waals surface area (Å²) in [6.07, 6.45) is 9.20. The number of benzene rings is 3. The van der Waals surface area contributed by atoms with Gasteiger partial charge < -0.3 is 29.7 Å². The zero-order valence-electron chi connectivity index (χ0n) is 26.9. The van der Waals surface area contributed by atoms with E-state index in [4.69, 9.17) is 4.74 Å². The summed E-state index contributed by atoms with van der Waals surface area (Å²) in [5.41, 5.74) is 0.922. The van der Waals surface area contributed by atoms with Gasteiger partial charge in [0, 0.05) is 25.3 Å². The second-order valence-electron chi connectivity index (χ2n) is 13.3. The van der Waals surface area contributed by atoms with Gasteiger partial charge in [-0.2, -0.15) is 0 Å². The molecule has 46 heavy (non-hydrogen) atoms. The van der Waals surface area contributed by atoms with E-state index in [-0.39, 0.29) is 22.4 Å². The van der Waals surface area contributed by atoms with Gasteiger partial charge in [0.2, 0.25) is 5.43 Å². The van der Waals surface area contributed by atoms with Crippen LogP contribution in [0.4, 0.5) is 10.1 Å². The highest BCUT2D eigenvalue weighted by molar-refractivity contribution is 6.02. The van der Waals surface area contributed by atoms with Crippen LogP contribution in [0, 0.1) is 11.7 Å². The van der Waals surface area contributed by atoms with Crippen LogP contribution in [-0.2, 0) is 0 Å². The predicted molar refractivity (Wildman–Crippen MR) is 182 cm³/mol. The lowest BCUT2D eigenvalue weighted by Gasteiger charge is -2.32. The van der Waals surface area contributed by atoms with Crippen LogP contribution in [-0.4, -0.2) is 72.6 Å². The molecule has 1 amide bonds. The van der Waals surface area contributed by atoms with Crippen molar-refractivity contribution in [3.63, 3.8) is 0 Å². The number of piperidine rings is 1. The standard InChI is InChI=1S/C37H44FN5O3/c1-3-4-16-42-17-12-24(13-18-42)22-40-33-30(38)21-28-34-36(33)46-32-20-26-9-6-5-8-25(26)19-31(32)43(34)23-29(35(28)44)37(45)39-14-11-27-10-7-15-41(27)2/h5-6,8-9,19-21,23-24,27,40H,3-4,7,10-18,22H2,1-2H3,(H,39,45). The maximum atomic E-state index is 16.0. The van der Waals surface area contributed by atoms with Gasteiger partial charge in [-0.1, -0.05) is 37.6 Å². The summed E-state index contributed by atoms with van der Waals surface area (Å²) in [6.45, 7) is 7.61. The molecular weight excluding hydrogens is 581 g/mol. The number of pyridine rings is 1. The van der Waals surface area contributed by atoms with Gasteiger partial charge in [0.1, 0.15) is 16.8 Å². The average Bonchev–Trinajstić information content (AvgIpc) is 3.48. The number of hydrogen-bond donors (Lipinski definition) is 2. The SMILES string of the molecule is CCCCN1CCC(CNc2c(F)cc3c(=O)c(C(=O)NCCC4CCCN4C)cn4c3c2Oc2cc3ccccc3cc2-4)CC1. The number of unbranched alkanes of at least 4 members (excludes halogenated alkanes) is 1. The third-order valence-electron chi connectivity index (χ3n) is 10.3. The van der Waals surface area contributed by atoms with Crippen LogP contribution >= 0.6 is 0 Å². The van der Waals surface area contributed by atoms with Crippen molar-refractivity contribution in [1.82, 2.24) is 19.7 Å². The number of amides is 1. The highest BCUT2D eigenvalue weighted by Gasteiger charge is 2.30. The van der Waals surface area contributed by atoms with E-state index in [9.17, 15) is 9.59 Å². The Labute approximate surface area is 269 Å². The summed E-state index contributed by atoms with van der Waals surface area (Å²) in [6, 6.07) is 13.6. The van der Waals surface area contributed by atoms with Gasteiger partial charge in [-0.15, -0.1) is 0 Å². The van der Waals surface area contributed by atoms with E-state index in [1.807, 2.05) is 41.0 Å². The Kier molecular flexibility index (Phi) is 8.70. The van der Waals surface area contributed by atoms with Crippen LogP contribution in [0.2, 0.25) is 0 Å². The topological polar surface area (TPSA) is 78.8 Å². The fourth-order valence-corrected chi connectivity index (χ4v) is 7.46. The molecule has 242 valence electrons. The van der Waals surface area contributed by atoms with E-state index in [0.29, 0.717) is 42.0 Å². The zero-order chi connectivity index (χ0) is 31.8. The minimum absolute atomic E-state index is 0.00539. The van der Waals surface area contributed by atoms with Crippen LogP contribution in [0.1, 0.15) is 62.2 Å². The smallest absolute Gasteiger partial charge is 0.256 e. The van der Waals surface area contributed by atoms with Crippen molar-refractivity contribution in [2.24, 2.45) is 5.92 Å². The van der Waals surface area contributed by atoms with Gasteiger partial charge in [0.25, 0.3) is 5.91 Å². The lowest BCUT2D eigenvalue weighted by Crippen LogP contribution is -2.36. The number of likely N-dealkylation sites (tertiary alicyclic amines) is 2. The molecule has 2 fully saturated rings. The fourth-order valence-electron chi connectivity index (χ4n) is 7.46. The molecule has 1 unspecified atom stereocenters. The van der Waals surface area contributed by atoms with Gasteiger partial charge in [0.05, 0.1) is 11.1 Å². The lowest BCUT2D eigenvalue weighted by atomic mass is 9.96. The van der Waals surface area contributed by atoms with E-state index < -0.39 is 17.2 Å². The Morgan fingerprint density at radius 3 is 2.59 bits per heavy atom. The first-order chi connectivity index (χ1) is 22.4. The number of hydrogen-bond acceptors (Lipinski definition) is 6. The Morgan fingerprint density at radius 2 is 1.85 bits per heavy atom. The monoisotopic (exact) mass is 625 g/mol. The first-order valence-electron chi connectivity index (χ1n) is 17.0. The van der Waals surface area contributed by atoms with Crippen LogP contribution in [0.15, 0.2) is 53.5 Å². The number of nitrogens with one attached hydrogen (secondary N) is 2. The minimum atomic E-state index is -0.558. The first-order valence-corrected chi connectivity index (χ1v) is 17.0. The third kappa shape index (κ3) is 5.86. The maximum absolute atomic E-state index is 16.0. The molecule has 9 heteroatoms. The Morgan fingerprint density at radius 1 is 1.07 bits per heavy atom. The third-order valence-corrected chi connectivity index (χ3v) is 10.3. The molecule has 1 atom stereocenters. The normalized spacial score (nSPS) is 18.5. The summed E-state index contributed by atoms with van der Waals surface area (Å²) in [7, 11) is 2.11.